The van der Waals surface area contributed by atoms with Gasteiger partial charge in [-0.1, -0.05) is 19.1 Å². The summed E-state index contributed by atoms with van der Waals surface area (Å²) in [5.41, 5.74) is 4.25. The number of aromatic amines is 1. The zero-order chi connectivity index (χ0) is 26.7. The Morgan fingerprint density at radius 2 is 1.78 bits per heavy atom. The molecule has 194 valence electrons. The Bertz CT molecular complexity index is 1280. The van der Waals surface area contributed by atoms with Gasteiger partial charge in [-0.3, -0.25) is 14.7 Å². The molecule has 3 N–H and O–H groups in total. The van der Waals surface area contributed by atoms with Crippen molar-refractivity contribution in [1.82, 2.24) is 30.3 Å². The fourth-order valence-corrected chi connectivity index (χ4v) is 4.15. The van der Waals surface area contributed by atoms with Crippen molar-refractivity contribution < 1.29 is 14.4 Å². The van der Waals surface area contributed by atoms with Crippen molar-refractivity contribution in [2.75, 3.05) is 45.0 Å². The van der Waals surface area contributed by atoms with Crippen LogP contribution in [0.5, 0.6) is 0 Å². The quantitative estimate of drug-likeness (QED) is 0.474. The van der Waals surface area contributed by atoms with Crippen LogP contribution in [0.25, 0.3) is 0 Å². The predicted octanol–water partition coefficient (Wildman–Crippen LogP) is 2.65. The minimum atomic E-state index is -0.267. The third kappa shape index (κ3) is 5.71. The molecule has 0 radical (unpaired) electrons. The van der Waals surface area contributed by atoms with Gasteiger partial charge in [0.2, 0.25) is 0 Å². The number of fused-ring (bicyclic) bond motifs is 1. The third-order valence-corrected chi connectivity index (χ3v) is 6.24. The predicted molar refractivity (Wildman–Crippen MR) is 141 cm³/mol. The van der Waals surface area contributed by atoms with E-state index in [1.165, 1.54) is 9.80 Å². The second-order valence-electron chi connectivity index (χ2n) is 9.55. The molecule has 1 aliphatic heterocycles. The smallest absolute Gasteiger partial charge is 0.321 e. The van der Waals surface area contributed by atoms with E-state index in [-0.39, 0.29) is 23.8 Å². The summed E-state index contributed by atoms with van der Waals surface area (Å²) < 4.78 is 0. The van der Waals surface area contributed by atoms with Gasteiger partial charge in [-0.2, -0.15) is 5.10 Å². The summed E-state index contributed by atoms with van der Waals surface area (Å²) >= 11 is 0. The van der Waals surface area contributed by atoms with Gasteiger partial charge in [0.05, 0.1) is 5.56 Å². The van der Waals surface area contributed by atoms with Gasteiger partial charge < -0.3 is 25.3 Å². The van der Waals surface area contributed by atoms with Crippen molar-refractivity contribution in [3.63, 3.8) is 0 Å². The highest BCUT2D eigenvalue weighted by Crippen LogP contribution is 2.31. The molecule has 0 fully saturated rings. The molecule has 0 saturated heterocycles. The zero-order valence-electron chi connectivity index (χ0n) is 21.7. The van der Waals surface area contributed by atoms with Crippen LogP contribution in [0, 0.1) is 0 Å². The molecule has 0 saturated carbocycles. The molecule has 0 bridgehead atoms. The Hall–Kier alpha value is -4.41. The minimum absolute atomic E-state index is 0.102. The van der Waals surface area contributed by atoms with Crippen molar-refractivity contribution in [2.24, 2.45) is 0 Å². The minimum Gasteiger partial charge on any atom is -0.351 e. The lowest BCUT2D eigenvalue weighted by atomic mass is 9.96. The van der Waals surface area contributed by atoms with E-state index in [0.29, 0.717) is 36.6 Å². The van der Waals surface area contributed by atoms with Crippen LogP contribution in [0.4, 0.5) is 16.3 Å². The monoisotopic (exact) mass is 504 g/mol. The number of pyridine rings is 1. The maximum absolute atomic E-state index is 13.0. The molecule has 3 aromatic rings. The Morgan fingerprint density at radius 1 is 1.05 bits per heavy atom. The van der Waals surface area contributed by atoms with Crippen LogP contribution in [0.2, 0.25) is 0 Å². The maximum Gasteiger partial charge on any atom is 0.321 e. The number of hydrogen-bond acceptors (Lipinski definition) is 6. The summed E-state index contributed by atoms with van der Waals surface area (Å²) in [5, 5.41) is 13.1. The zero-order valence-corrected chi connectivity index (χ0v) is 21.7. The van der Waals surface area contributed by atoms with E-state index in [1.54, 1.807) is 52.6 Å². The van der Waals surface area contributed by atoms with Crippen LogP contribution in [-0.2, 0) is 13.1 Å². The number of benzene rings is 1. The van der Waals surface area contributed by atoms with Crippen molar-refractivity contribution in [3.05, 3.63) is 70.7 Å². The molecule has 4 amide bonds. The molecular weight excluding hydrogens is 472 g/mol. The van der Waals surface area contributed by atoms with Gasteiger partial charge in [-0.15, -0.1) is 0 Å². The molecule has 0 spiro atoms. The highest BCUT2D eigenvalue weighted by Gasteiger charge is 2.30. The normalized spacial score (nSPS) is 14.5. The summed E-state index contributed by atoms with van der Waals surface area (Å²) in [6.07, 6.45) is 1.58. The second kappa shape index (κ2) is 10.7. The van der Waals surface area contributed by atoms with Gasteiger partial charge in [-0.05, 0) is 29.8 Å². The van der Waals surface area contributed by atoms with E-state index >= 15 is 0 Å². The van der Waals surface area contributed by atoms with Crippen LogP contribution < -0.4 is 15.5 Å². The number of aromatic nitrogens is 3. The van der Waals surface area contributed by atoms with Crippen LogP contribution in [0.3, 0.4) is 0 Å². The second-order valence-corrected chi connectivity index (χ2v) is 9.55. The number of carbonyl (C=O) groups excluding carboxylic acids is 3. The molecule has 37 heavy (non-hydrogen) atoms. The molecule has 1 aromatic carbocycles. The van der Waals surface area contributed by atoms with Gasteiger partial charge in [0.1, 0.15) is 5.82 Å². The molecule has 3 heterocycles. The number of amides is 4. The highest BCUT2D eigenvalue weighted by molar-refractivity contribution is 5.94. The van der Waals surface area contributed by atoms with Gasteiger partial charge in [0.15, 0.2) is 5.69 Å². The van der Waals surface area contributed by atoms with Gasteiger partial charge >= 0.3 is 6.03 Å². The van der Waals surface area contributed by atoms with Gasteiger partial charge in [0, 0.05) is 76.9 Å². The first kappa shape index (κ1) is 25.7. The number of nitrogens with zero attached hydrogens (tertiary/aromatic N) is 5. The Kier molecular flexibility index (Phi) is 7.42. The fourth-order valence-electron chi connectivity index (χ4n) is 4.15. The Labute approximate surface area is 215 Å². The van der Waals surface area contributed by atoms with E-state index in [4.69, 9.17) is 0 Å². The van der Waals surface area contributed by atoms with Crippen LogP contribution in [0.15, 0.2) is 42.6 Å². The molecule has 1 atom stereocenters. The largest absolute Gasteiger partial charge is 0.351 e. The van der Waals surface area contributed by atoms with Crippen LogP contribution in [0.1, 0.15) is 50.5 Å². The molecular formula is C26H32N8O3. The lowest BCUT2D eigenvalue weighted by molar-refractivity contribution is 0.0826. The molecule has 1 unspecified atom stereocenters. The highest BCUT2D eigenvalue weighted by atomic mass is 16.2. The maximum atomic E-state index is 13.0. The standard InChI is InChI=1S/C26H32N8O3/c1-16-14-34(21-11-8-18(13-27-21)25(36)32(2)3)15-20-22(16)30-31-23(20)24(35)28-12-17-6-9-19(10-7-17)29-26(37)33(4)5/h6-11,13,16H,12,14-15H2,1-5H3,(H,28,35)(H,29,37)(H,30,31). The molecule has 0 aliphatic carbocycles. The number of rotatable bonds is 6. The van der Waals surface area contributed by atoms with E-state index in [9.17, 15) is 14.4 Å². The van der Waals surface area contributed by atoms with Gasteiger partial charge in [-0.25, -0.2) is 9.78 Å². The third-order valence-electron chi connectivity index (χ3n) is 6.24. The number of carbonyl (C=O) groups is 3. The first-order valence-corrected chi connectivity index (χ1v) is 12.0. The average Bonchev–Trinajstić information content (AvgIpc) is 3.32. The Morgan fingerprint density at radius 3 is 2.41 bits per heavy atom. The first-order valence-electron chi connectivity index (χ1n) is 12.0. The first-order chi connectivity index (χ1) is 17.6. The fraction of sp³-hybridized carbons (Fsp3) is 0.346. The average molecular weight is 505 g/mol. The summed E-state index contributed by atoms with van der Waals surface area (Å²) in [4.78, 5) is 46.6. The van der Waals surface area contributed by atoms with E-state index in [0.717, 1.165) is 22.6 Å². The van der Waals surface area contributed by atoms with E-state index < -0.39 is 0 Å². The molecule has 4 rings (SSSR count). The van der Waals surface area contributed by atoms with Gasteiger partial charge in [0.25, 0.3) is 11.8 Å². The number of anilines is 2. The number of H-pyrrole nitrogens is 1. The Balaban J connectivity index is 1.42. The number of hydrogen-bond donors (Lipinski definition) is 3. The van der Waals surface area contributed by atoms with Crippen LogP contribution in [-0.4, -0.2) is 77.6 Å². The number of urea groups is 1. The van der Waals surface area contributed by atoms with Crippen molar-refractivity contribution in [2.45, 2.75) is 25.9 Å². The van der Waals surface area contributed by atoms with E-state index in [2.05, 4.69) is 37.6 Å². The summed E-state index contributed by atoms with van der Waals surface area (Å²) in [5.74, 6) is 0.487. The lowest BCUT2D eigenvalue weighted by Crippen LogP contribution is -2.34. The van der Waals surface area contributed by atoms with Crippen molar-refractivity contribution in [1.29, 1.82) is 0 Å². The van der Waals surface area contributed by atoms with Crippen molar-refractivity contribution in [3.8, 4) is 0 Å². The van der Waals surface area contributed by atoms with Crippen molar-refractivity contribution >= 4 is 29.4 Å². The lowest BCUT2D eigenvalue weighted by Gasteiger charge is -2.32. The molecule has 1 aliphatic rings. The molecule has 2 aromatic heterocycles. The SMILES string of the molecule is CC1CN(c2ccc(C(=O)N(C)C)cn2)Cc2c(C(=O)NCc3ccc(NC(=O)N(C)C)cc3)n[nH]c21. The summed E-state index contributed by atoms with van der Waals surface area (Å²) in [6, 6.07) is 10.7. The molecule has 11 nitrogen and oxygen atoms in total. The van der Waals surface area contributed by atoms with Crippen LogP contribution >= 0.6 is 0 Å². The number of nitrogens with one attached hydrogen (secondary N) is 3. The summed E-state index contributed by atoms with van der Waals surface area (Å²) in [7, 11) is 6.76. The molecule has 11 heteroatoms. The topological polar surface area (TPSA) is 127 Å². The van der Waals surface area contributed by atoms with E-state index in [1.807, 2.05) is 18.2 Å². The summed E-state index contributed by atoms with van der Waals surface area (Å²) in [6.45, 7) is 3.59.